The number of nitrogens with zero attached hydrogens (tertiary/aromatic N) is 5. The number of carbonyl (C=O) groups is 1. The van der Waals surface area contributed by atoms with Gasteiger partial charge in [0, 0.05) is 29.4 Å². The molecule has 0 aliphatic rings. The highest BCUT2D eigenvalue weighted by atomic mass is 79.9. The van der Waals surface area contributed by atoms with Crippen LogP contribution in [0.1, 0.15) is 5.56 Å². The third-order valence-corrected chi connectivity index (χ3v) is 3.53. The fourth-order valence-electron chi connectivity index (χ4n) is 2.01. The molecule has 0 unspecified atom stereocenters. The highest BCUT2D eigenvalue weighted by Crippen LogP contribution is 2.24. The van der Waals surface area contributed by atoms with Crippen LogP contribution >= 0.6 is 15.9 Å². The molecular weight excluding hydrogens is 360 g/mol. The van der Waals surface area contributed by atoms with E-state index in [0.29, 0.717) is 5.69 Å². The van der Waals surface area contributed by atoms with Gasteiger partial charge in [0.15, 0.2) is 0 Å². The molecular formula is C15H13BrN6O. The molecule has 0 saturated carbocycles. The van der Waals surface area contributed by atoms with Gasteiger partial charge in [0.2, 0.25) is 5.91 Å². The molecule has 0 saturated heterocycles. The molecule has 7 nitrogen and oxygen atoms in total. The summed E-state index contributed by atoms with van der Waals surface area (Å²) in [6, 6.07) is 5.53. The van der Waals surface area contributed by atoms with Crippen molar-refractivity contribution in [3.8, 4) is 5.69 Å². The Morgan fingerprint density at radius 3 is 2.91 bits per heavy atom. The van der Waals surface area contributed by atoms with E-state index in [1.165, 1.54) is 12.4 Å². The quantitative estimate of drug-likeness (QED) is 0.713. The van der Waals surface area contributed by atoms with E-state index < -0.39 is 0 Å². The van der Waals surface area contributed by atoms with Crippen LogP contribution in [0.2, 0.25) is 0 Å². The molecule has 0 fully saturated rings. The van der Waals surface area contributed by atoms with Crippen molar-refractivity contribution in [1.29, 1.82) is 0 Å². The molecule has 0 atom stereocenters. The fraction of sp³-hybridized carbons (Fsp3) is 0.0667. The molecule has 1 amide bonds. The summed E-state index contributed by atoms with van der Waals surface area (Å²) in [6.45, 7) is 0. The number of benzene rings is 1. The smallest absolute Gasteiger partial charge is 0.248 e. The minimum atomic E-state index is -0.242. The summed E-state index contributed by atoms with van der Waals surface area (Å²) in [4.78, 5) is 16.1. The van der Waals surface area contributed by atoms with Crippen molar-refractivity contribution in [3.05, 3.63) is 59.4 Å². The lowest BCUT2D eigenvalue weighted by atomic mass is 10.2. The molecule has 2 heterocycles. The van der Waals surface area contributed by atoms with Crippen LogP contribution in [-0.4, -0.2) is 30.5 Å². The number of hydrogen-bond donors (Lipinski definition) is 1. The maximum atomic E-state index is 12.1. The van der Waals surface area contributed by atoms with Gasteiger partial charge in [0.25, 0.3) is 0 Å². The Morgan fingerprint density at radius 2 is 2.22 bits per heavy atom. The molecule has 0 radical (unpaired) electrons. The maximum absolute atomic E-state index is 12.1. The van der Waals surface area contributed by atoms with Gasteiger partial charge < -0.3 is 5.32 Å². The SMILES string of the molecule is Cn1cc(C=CC(=O)Nc2cc(Br)ccc2-n2cncn2)cn1. The summed E-state index contributed by atoms with van der Waals surface area (Å²) in [5, 5.41) is 11.0. The third kappa shape index (κ3) is 3.72. The van der Waals surface area contributed by atoms with E-state index in [1.54, 1.807) is 28.0 Å². The van der Waals surface area contributed by atoms with Crippen molar-refractivity contribution < 1.29 is 4.79 Å². The number of hydrogen-bond acceptors (Lipinski definition) is 4. The van der Waals surface area contributed by atoms with E-state index in [0.717, 1.165) is 15.7 Å². The fourth-order valence-corrected chi connectivity index (χ4v) is 2.37. The van der Waals surface area contributed by atoms with E-state index in [-0.39, 0.29) is 5.91 Å². The van der Waals surface area contributed by atoms with Crippen LogP contribution in [0.5, 0.6) is 0 Å². The largest absolute Gasteiger partial charge is 0.321 e. The molecule has 23 heavy (non-hydrogen) atoms. The Bertz CT molecular complexity index is 853. The summed E-state index contributed by atoms with van der Waals surface area (Å²) < 4.78 is 4.12. The Hall–Kier alpha value is -2.74. The van der Waals surface area contributed by atoms with Crippen LogP contribution < -0.4 is 5.32 Å². The monoisotopic (exact) mass is 372 g/mol. The molecule has 3 aromatic rings. The van der Waals surface area contributed by atoms with Crippen LogP contribution in [0.15, 0.2) is 53.8 Å². The van der Waals surface area contributed by atoms with Gasteiger partial charge in [-0.3, -0.25) is 9.48 Å². The first-order chi connectivity index (χ1) is 11.1. The normalized spacial score (nSPS) is 11.0. The predicted molar refractivity (Wildman–Crippen MR) is 89.9 cm³/mol. The average molecular weight is 373 g/mol. The summed E-state index contributed by atoms with van der Waals surface area (Å²) in [5.41, 5.74) is 2.22. The number of nitrogens with one attached hydrogen (secondary N) is 1. The standard InChI is InChI=1S/C15H13BrN6O/c1-21-8-11(7-18-21)2-5-15(23)20-13-6-12(16)3-4-14(13)22-10-17-9-19-22/h2-10H,1H3,(H,20,23). The van der Waals surface area contributed by atoms with Crippen molar-refractivity contribution in [2.45, 2.75) is 0 Å². The first kappa shape index (κ1) is 15.2. The number of anilines is 1. The Balaban J connectivity index is 1.80. The molecule has 116 valence electrons. The van der Waals surface area contributed by atoms with Gasteiger partial charge in [-0.05, 0) is 24.3 Å². The molecule has 3 rings (SSSR count). The Morgan fingerprint density at radius 1 is 1.35 bits per heavy atom. The zero-order chi connectivity index (χ0) is 16.2. The summed E-state index contributed by atoms with van der Waals surface area (Å²) >= 11 is 3.40. The number of rotatable bonds is 4. The predicted octanol–water partition coefficient (Wildman–Crippen LogP) is 2.42. The minimum Gasteiger partial charge on any atom is -0.321 e. The van der Waals surface area contributed by atoms with Gasteiger partial charge in [-0.1, -0.05) is 15.9 Å². The van der Waals surface area contributed by atoms with Crippen LogP contribution in [0, 0.1) is 0 Å². The second kappa shape index (κ2) is 6.57. The van der Waals surface area contributed by atoms with Crippen LogP contribution in [0.25, 0.3) is 11.8 Å². The number of carbonyl (C=O) groups excluding carboxylic acids is 1. The molecule has 0 aliphatic carbocycles. The highest BCUT2D eigenvalue weighted by Gasteiger charge is 2.08. The van der Waals surface area contributed by atoms with Gasteiger partial charge in [-0.25, -0.2) is 9.67 Å². The molecule has 1 N–H and O–H groups in total. The first-order valence-electron chi connectivity index (χ1n) is 6.74. The van der Waals surface area contributed by atoms with Gasteiger partial charge in [0.1, 0.15) is 12.7 Å². The van der Waals surface area contributed by atoms with Crippen molar-refractivity contribution in [2.75, 3.05) is 5.32 Å². The molecule has 2 aromatic heterocycles. The number of aromatic nitrogens is 5. The van der Waals surface area contributed by atoms with Gasteiger partial charge in [-0.15, -0.1) is 0 Å². The zero-order valence-electron chi connectivity index (χ0n) is 12.2. The Kier molecular flexibility index (Phi) is 4.33. The number of halogens is 1. The molecule has 0 spiro atoms. The van der Waals surface area contributed by atoms with Crippen LogP contribution in [-0.2, 0) is 11.8 Å². The lowest BCUT2D eigenvalue weighted by Crippen LogP contribution is -2.11. The summed E-state index contributed by atoms with van der Waals surface area (Å²) in [7, 11) is 1.82. The van der Waals surface area contributed by atoms with Crippen molar-refractivity contribution >= 4 is 33.6 Å². The lowest BCUT2D eigenvalue weighted by Gasteiger charge is -2.10. The van der Waals surface area contributed by atoms with E-state index in [1.807, 2.05) is 31.4 Å². The molecule has 0 bridgehead atoms. The zero-order valence-corrected chi connectivity index (χ0v) is 13.8. The Labute approximate surface area is 140 Å². The van der Waals surface area contributed by atoms with Crippen molar-refractivity contribution in [1.82, 2.24) is 24.5 Å². The van der Waals surface area contributed by atoms with E-state index in [9.17, 15) is 4.79 Å². The summed E-state index contributed by atoms with van der Waals surface area (Å²) in [6.07, 6.45) is 9.69. The van der Waals surface area contributed by atoms with E-state index in [2.05, 4.69) is 36.4 Å². The molecule has 8 heteroatoms. The van der Waals surface area contributed by atoms with Gasteiger partial charge >= 0.3 is 0 Å². The van der Waals surface area contributed by atoms with Gasteiger partial charge in [0.05, 0.1) is 17.6 Å². The average Bonchev–Trinajstić information content (AvgIpc) is 3.17. The van der Waals surface area contributed by atoms with E-state index in [4.69, 9.17) is 0 Å². The first-order valence-corrected chi connectivity index (χ1v) is 7.53. The molecule has 0 aliphatic heterocycles. The lowest BCUT2D eigenvalue weighted by molar-refractivity contribution is -0.111. The second-order valence-corrected chi connectivity index (χ2v) is 5.69. The van der Waals surface area contributed by atoms with Crippen LogP contribution in [0.3, 0.4) is 0 Å². The topological polar surface area (TPSA) is 77.6 Å². The number of aryl methyl sites for hydroxylation is 1. The maximum Gasteiger partial charge on any atom is 0.248 e. The molecule has 1 aromatic carbocycles. The van der Waals surface area contributed by atoms with Gasteiger partial charge in [-0.2, -0.15) is 10.2 Å². The van der Waals surface area contributed by atoms with Crippen molar-refractivity contribution in [2.24, 2.45) is 7.05 Å². The number of amides is 1. The minimum absolute atomic E-state index is 0.242. The van der Waals surface area contributed by atoms with Crippen LogP contribution in [0.4, 0.5) is 5.69 Å². The van der Waals surface area contributed by atoms with E-state index >= 15 is 0 Å². The van der Waals surface area contributed by atoms with Crippen molar-refractivity contribution in [3.63, 3.8) is 0 Å². The highest BCUT2D eigenvalue weighted by molar-refractivity contribution is 9.10. The second-order valence-electron chi connectivity index (χ2n) is 4.77. The third-order valence-electron chi connectivity index (χ3n) is 3.03. The summed E-state index contributed by atoms with van der Waals surface area (Å²) in [5.74, 6) is -0.242.